The molecule has 35 heteroatoms. The van der Waals surface area contributed by atoms with Gasteiger partial charge in [-0.25, -0.2) is 9.37 Å². The molecule has 0 unspecified atom stereocenters. The number of aromatic hydroxyl groups is 3. The molecule has 1 aliphatic carbocycles. The molecular weight excluding hydrogens is 1520 g/mol. The van der Waals surface area contributed by atoms with Crippen molar-refractivity contribution in [1.82, 2.24) is 47.1 Å². The minimum Gasteiger partial charge on any atom is -0.545 e. The molecule has 0 bridgehead atoms. The van der Waals surface area contributed by atoms with Gasteiger partial charge >= 0.3 is 11.9 Å². The maximum Gasteiger partial charge on any atom is 0.326 e. The summed E-state index contributed by atoms with van der Waals surface area (Å²) in [5.41, 5.74) is 26.9. The summed E-state index contributed by atoms with van der Waals surface area (Å²) < 4.78 is 8.32. The molecule has 5 aromatic carbocycles. The highest BCUT2D eigenvalue weighted by Gasteiger charge is 2.36. The maximum absolute atomic E-state index is 15.1. The van der Waals surface area contributed by atoms with Gasteiger partial charge in [-0.05, 0) is 166 Å². The first-order chi connectivity index (χ1) is 55.3. The fraction of sp³-hybridized carbons (Fsp3) is 0.395. The number of benzene rings is 6. The Morgan fingerprint density at radius 1 is 0.509 bits per heavy atom. The highest BCUT2D eigenvalue weighted by atomic mass is 32.2. The van der Waals surface area contributed by atoms with E-state index in [1.807, 2.05) is 74.1 Å². The average Bonchev–Trinajstić information content (AvgIpc) is 0.745. The molecule has 2 aliphatic rings. The standard InChI is InChI=1S/C81H103N15O19S/c1-95(2)50-21-30-56-67(41-50)115-68-42-51(96(3)4)22-31-57(68)72(56)55-29-20-49(40-58(55)80(111)112)87-70(101)45-116-44-66(94-73(104)59(85)11-7-10-36-86-69(100)43-84)79(110)90-62(32-33-71(102)103)76(107)91-64(38-47-16-25-53(98)26-17-47)78(109)92-63(37-46-14-23-52(97)24-15-46)77(108)89-60(12-5-8-34-82)74(105)88-61(13-6-9-35-83)75(106)93-65(81(113)114)39-48-18-27-54(99)28-19-48/h14-31,40-42,59-66H,5-13,32-39,43-45,82-85H2,1-4H3,(H14,86,88,89,90,91,92,93,94,97,98,99,100,102,103,104,105,106,107,108,109,110,111,112,113,114)/t59-,60-,61-,62-,63-,64-,65-,66-/m0/s1. The van der Waals surface area contributed by atoms with Crippen molar-refractivity contribution in [3.8, 4) is 39.7 Å². The zero-order valence-corrected chi connectivity index (χ0v) is 65.8. The van der Waals surface area contributed by atoms with Gasteiger partial charge in [0.1, 0.15) is 85.0 Å². The van der Waals surface area contributed by atoms with Crippen LogP contribution in [0.4, 0.5) is 11.4 Å². The molecule has 116 heavy (non-hydrogen) atoms. The number of carbonyl (C=O) groups excluding carboxylic acids is 10. The molecule has 0 fully saturated rings. The number of anilines is 2. The fourth-order valence-electron chi connectivity index (χ4n) is 12.5. The molecule has 7 rings (SSSR count). The Balaban J connectivity index is 1.15. The van der Waals surface area contributed by atoms with E-state index >= 15 is 4.79 Å². The molecule has 0 saturated heterocycles. The molecule has 1 heterocycles. The van der Waals surface area contributed by atoms with E-state index in [0.29, 0.717) is 76.7 Å². The van der Waals surface area contributed by atoms with Crippen LogP contribution in [0.2, 0.25) is 0 Å². The summed E-state index contributed by atoms with van der Waals surface area (Å²) in [4.78, 5) is 168. The van der Waals surface area contributed by atoms with Crippen LogP contribution in [-0.2, 0) is 72.0 Å². The van der Waals surface area contributed by atoms with E-state index in [1.165, 1.54) is 91.0 Å². The number of unbranched alkanes of at least 4 members (excludes halogenated alkanes) is 3. The van der Waals surface area contributed by atoms with Crippen LogP contribution in [0.3, 0.4) is 0 Å². The summed E-state index contributed by atoms with van der Waals surface area (Å²) >= 11 is 0.813. The van der Waals surface area contributed by atoms with E-state index in [2.05, 4.69) is 47.9 Å². The Bertz CT molecular complexity index is 4640. The van der Waals surface area contributed by atoms with E-state index < -0.39 is 150 Å². The number of carbonyl (C=O) groups is 12. The van der Waals surface area contributed by atoms with Crippen LogP contribution in [0.15, 0.2) is 132 Å². The van der Waals surface area contributed by atoms with Gasteiger partial charge in [0.05, 0.1) is 30.4 Å². The smallest absolute Gasteiger partial charge is 0.326 e. The molecule has 622 valence electrons. The van der Waals surface area contributed by atoms with Gasteiger partial charge in [-0.15, -0.1) is 11.8 Å². The van der Waals surface area contributed by atoms with Crippen LogP contribution in [0.1, 0.15) is 97.7 Å². The van der Waals surface area contributed by atoms with Gasteiger partial charge in [-0.1, -0.05) is 42.5 Å². The van der Waals surface area contributed by atoms with Gasteiger partial charge in [0.2, 0.25) is 58.5 Å². The number of carboxylic acids is 3. The van der Waals surface area contributed by atoms with Gasteiger partial charge in [0.15, 0.2) is 0 Å². The lowest BCUT2D eigenvalue weighted by molar-refractivity contribution is -0.255. The molecule has 9 amide bonds. The van der Waals surface area contributed by atoms with Crippen molar-refractivity contribution in [3.63, 3.8) is 0 Å². The summed E-state index contributed by atoms with van der Waals surface area (Å²) in [5, 5.41) is 88.6. The zero-order valence-electron chi connectivity index (χ0n) is 64.9. The van der Waals surface area contributed by atoms with Gasteiger partial charge in [-0.3, -0.25) is 47.9 Å². The second-order valence-corrected chi connectivity index (χ2v) is 29.3. The lowest BCUT2D eigenvalue weighted by Gasteiger charge is -2.28. The molecule has 34 nitrogen and oxygen atoms in total. The number of hydrogen-bond acceptors (Lipinski definition) is 23. The minimum absolute atomic E-state index is 0.0240. The first-order valence-electron chi connectivity index (χ1n) is 37.8. The van der Waals surface area contributed by atoms with Crippen molar-refractivity contribution in [2.45, 2.75) is 138 Å². The largest absolute Gasteiger partial charge is 0.545 e. The normalized spacial score (nSPS) is 13.2. The third-order valence-electron chi connectivity index (χ3n) is 18.9. The average molecular weight is 1620 g/mol. The Labute approximate surface area is 673 Å². The maximum atomic E-state index is 15.1. The Hall–Kier alpha value is -12.2. The van der Waals surface area contributed by atoms with Crippen molar-refractivity contribution < 1.29 is 92.6 Å². The number of aromatic carboxylic acids is 1. The molecule has 22 N–H and O–H groups in total. The summed E-state index contributed by atoms with van der Waals surface area (Å²) in [7, 11) is 7.46. The number of phenolic OH excluding ortho intramolecular Hbond substituents is 3. The molecule has 0 radical (unpaired) electrons. The number of amides is 9. The van der Waals surface area contributed by atoms with E-state index in [4.69, 9.17) is 27.4 Å². The van der Waals surface area contributed by atoms with Gasteiger partial charge in [-0.2, -0.15) is 0 Å². The Kier molecular flexibility index (Phi) is 35.3. The van der Waals surface area contributed by atoms with Crippen molar-refractivity contribution in [3.05, 3.63) is 155 Å². The number of nitrogens with two attached hydrogens (primary N) is 4. The molecule has 0 spiro atoms. The topological polar surface area (TPSA) is 561 Å². The Morgan fingerprint density at radius 2 is 0.974 bits per heavy atom. The van der Waals surface area contributed by atoms with Gasteiger partial charge in [0.25, 0.3) is 0 Å². The van der Waals surface area contributed by atoms with Crippen LogP contribution in [0, 0.1) is 0 Å². The number of fused-ring (bicyclic) bond motifs is 2. The second-order valence-electron chi connectivity index (χ2n) is 28.3. The van der Waals surface area contributed by atoms with E-state index in [1.54, 1.807) is 0 Å². The van der Waals surface area contributed by atoms with Crippen molar-refractivity contribution in [1.29, 1.82) is 0 Å². The molecule has 0 aromatic heterocycles. The SMILES string of the molecule is CN(C)c1ccc2c(-c3ccc(NC(=O)CSC[C@H](NC(=O)[C@@H](N)CCCCNC(=O)CN)C(=O)N[C@@H](CCC(=O)O)C(=O)N[C@@H](Cc4ccc(O)cc4)C(=O)N[C@@H](Cc4ccc(O)cc4)C(=O)N[C@@H](CCCCN)C(=O)N[C@@H](CCCCN)C(=O)N[C@@H](Cc4ccc(O)cc4)C(=O)O)cc3C(=O)[O-])c3ccc(=[N+](C)C)cc-3oc2c1. The molecule has 1 aliphatic heterocycles. The van der Waals surface area contributed by atoms with E-state index in [0.717, 1.165) is 22.8 Å². The summed E-state index contributed by atoms with van der Waals surface area (Å²) in [6.07, 6.45) is -0.435. The zero-order chi connectivity index (χ0) is 84.7. The number of aliphatic carboxylic acids is 2. The van der Waals surface area contributed by atoms with Crippen LogP contribution >= 0.6 is 11.8 Å². The number of hydrogen-bond donors (Lipinski definition) is 18. The van der Waals surface area contributed by atoms with Crippen LogP contribution in [-0.4, -0.2) is 211 Å². The van der Waals surface area contributed by atoms with Crippen LogP contribution < -0.4 is 90.7 Å². The van der Waals surface area contributed by atoms with Crippen molar-refractivity contribution >= 4 is 105 Å². The monoisotopic (exact) mass is 1620 g/mol. The number of carboxylic acid groups (broad SMARTS) is 3. The highest BCUT2D eigenvalue weighted by molar-refractivity contribution is 8.00. The van der Waals surface area contributed by atoms with Crippen LogP contribution in [0.25, 0.3) is 33.4 Å². The molecule has 5 aromatic rings. The quantitative estimate of drug-likeness (QED) is 0.0139. The molecular formula is C81H103N15O19S. The van der Waals surface area contributed by atoms with E-state index in [-0.39, 0.29) is 98.8 Å². The third kappa shape index (κ3) is 28.1. The first kappa shape index (κ1) is 91.0. The lowest BCUT2D eigenvalue weighted by Crippen LogP contribution is -2.61. The van der Waals surface area contributed by atoms with Gasteiger partial charge in [0, 0.05) is 97.7 Å². The number of thioether (sulfide) groups is 1. The molecule has 0 saturated carbocycles. The predicted molar refractivity (Wildman–Crippen MR) is 433 cm³/mol. The summed E-state index contributed by atoms with van der Waals surface area (Å²) in [6, 6.07) is 19.4. The van der Waals surface area contributed by atoms with Crippen molar-refractivity contribution in [2.75, 3.05) is 76.1 Å². The number of phenols is 3. The first-order valence-corrected chi connectivity index (χ1v) is 39.0. The van der Waals surface area contributed by atoms with Crippen LogP contribution in [0.5, 0.6) is 17.2 Å². The molecule has 8 atom stereocenters. The Morgan fingerprint density at radius 3 is 1.46 bits per heavy atom. The predicted octanol–water partition coefficient (Wildman–Crippen LogP) is 0.356. The highest BCUT2D eigenvalue weighted by Crippen LogP contribution is 2.42. The summed E-state index contributed by atoms with van der Waals surface area (Å²) in [5.74, 6) is -13.3. The van der Waals surface area contributed by atoms with Gasteiger partial charge < -0.3 is 116 Å². The number of nitrogens with zero attached hydrogens (tertiary/aromatic N) is 2. The lowest BCUT2D eigenvalue weighted by atomic mass is 9.90. The summed E-state index contributed by atoms with van der Waals surface area (Å²) in [6.45, 7) is 0.337. The van der Waals surface area contributed by atoms with Crippen molar-refractivity contribution in [2.24, 2.45) is 22.9 Å². The second kappa shape index (κ2) is 45.1. The number of rotatable bonds is 46. The van der Waals surface area contributed by atoms with E-state index in [9.17, 15) is 83.4 Å². The third-order valence-corrected chi connectivity index (χ3v) is 19.9. The minimum atomic E-state index is -1.83. The fourth-order valence-corrected chi connectivity index (χ4v) is 13.3. The number of nitrogens with one attached hydrogen (secondary N) is 9.